The molecule has 7 nitrogen and oxygen atoms in total. The number of rotatable bonds is 4. The van der Waals surface area contributed by atoms with Crippen LogP contribution in [0.15, 0.2) is 77.3 Å². The Labute approximate surface area is 208 Å². The van der Waals surface area contributed by atoms with Crippen LogP contribution in [0.1, 0.15) is 36.7 Å². The van der Waals surface area contributed by atoms with Gasteiger partial charge in [0.25, 0.3) is 0 Å². The number of aromatic amines is 1. The molecule has 7 rings (SSSR count). The highest BCUT2D eigenvalue weighted by atomic mass is 16.5. The molecule has 2 atom stereocenters. The van der Waals surface area contributed by atoms with Gasteiger partial charge in [-0.2, -0.15) is 5.10 Å². The molecule has 0 radical (unpaired) electrons. The summed E-state index contributed by atoms with van der Waals surface area (Å²) in [7, 11) is 0. The van der Waals surface area contributed by atoms with E-state index in [1.807, 2.05) is 36.4 Å². The van der Waals surface area contributed by atoms with E-state index in [1.54, 1.807) is 6.20 Å². The van der Waals surface area contributed by atoms with Crippen LogP contribution in [0.5, 0.6) is 11.5 Å². The molecule has 3 aromatic carbocycles. The lowest BCUT2D eigenvalue weighted by Crippen LogP contribution is -2.46. The molecule has 0 amide bonds. The number of benzene rings is 3. The van der Waals surface area contributed by atoms with Gasteiger partial charge in [-0.1, -0.05) is 44.2 Å². The van der Waals surface area contributed by atoms with Crippen LogP contribution in [0.25, 0.3) is 22.6 Å². The van der Waals surface area contributed by atoms with Crippen LogP contribution in [0, 0.1) is 5.92 Å². The number of ether oxygens (including phenoxy) is 2. The third-order valence-corrected chi connectivity index (χ3v) is 7.62. The molecule has 2 aromatic heterocycles. The molecule has 0 unspecified atom stereocenters. The molecular weight excluding hydrogens is 452 g/mol. The van der Waals surface area contributed by atoms with Gasteiger partial charge in [-0.05, 0) is 42.0 Å². The van der Waals surface area contributed by atoms with Crippen LogP contribution in [0.2, 0.25) is 0 Å². The fourth-order valence-corrected chi connectivity index (χ4v) is 5.55. The standard InChI is InChI=1S/C29H26N4O3/c1-29(2)20-13-17(11-12-22(20)31-27-18-7-3-5-9-25(18)35-15-21(27)29)34-16-24-19(14-30-33-24)28-32-23-8-4-6-10-26(23)36-28/h3-14,21,27,31H,15-16H2,1-2H3,(H,30,33)/t21-,27+/m0/s1. The number of aromatic nitrogens is 3. The Bertz CT molecular complexity index is 1550. The first kappa shape index (κ1) is 21.1. The van der Waals surface area contributed by atoms with Crippen LogP contribution in [-0.2, 0) is 12.0 Å². The molecule has 0 saturated carbocycles. The molecule has 0 saturated heterocycles. The van der Waals surface area contributed by atoms with E-state index in [9.17, 15) is 0 Å². The maximum Gasteiger partial charge on any atom is 0.230 e. The Morgan fingerprint density at radius 3 is 2.83 bits per heavy atom. The second-order valence-electron chi connectivity index (χ2n) is 10.0. The van der Waals surface area contributed by atoms with Gasteiger partial charge in [0.2, 0.25) is 5.89 Å². The van der Waals surface area contributed by atoms with E-state index < -0.39 is 0 Å². The van der Waals surface area contributed by atoms with Crippen molar-refractivity contribution in [1.82, 2.24) is 15.2 Å². The number of anilines is 1. The van der Waals surface area contributed by atoms with Crippen LogP contribution < -0.4 is 14.8 Å². The van der Waals surface area contributed by atoms with Gasteiger partial charge in [0, 0.05) is 22.6 Å². The summed E-state index contributed by atoms with van der Waals surface area (Å²) in [5.74, 6) is 2.61. The average Bonchev–Trinajstić information content (AvgIpc) is 3.54. The quantitative estimate of drug-likeness (QED) is 0.318. The molecule has 0 bridgehead atoms. The lowest BCUT2D eigenvalue weighted by Gasteiger charge is -2.48. The Morgan fingerprint density at radius 1 is 1.06 bits per heavy atom. The number of H-pyrrole nitrogens is 1. The van der Waals surface area contributed by atoms with Gasteiger partial charge in [-0.15, -0.1) is 0 Å². The average molecular weight is 479 g/mol. The molecular formula is C29H26N4O3. The summed E-state index contributed by atoms with van der Waals surface area (Å²) in [5.41, 5.74) is 6.66. The highest BCUT2D eigenvalue weighted by Gasteiger charge is 2.46. The van der Waals surface area contributed by atoms with E-state index in [0.29, 0.717) is 25.0 Å². The predicted octanol–water partition coefficient (Wildman–Crippen LogP) is 6.25. The van der Waals surface area contributed by atoms with Crippen molar-refractivity contribution in [3.8, 4) is 23.0 Å². The zero-order valence-electron chi connectivity index (χ0n) is 20.1. The Kier molecular flexibility index (Phi) is 4.61. The summed E-state index contributed by atoms with van der Waals surface area (Å²) >= 11 is 0. The van der Waals surface area contributed by atoms with Gasteiger partial charge >= 0.3 is 0 Å². The van der Waals surface area contributed by atoms with Gasteiger partial charge in [-0.3, -0.25) is 5.10 Å². The smallest absolute Gasteiger partial charge is 0.230 e. The van der Waals surface area contributed by atoms with Crippen LogP contribution in [-0.4, -0.2) is 21.8 Å². The Hall–Kier alpha value is -4.26. The lowest BCUT2D eigenvalue weighted by molar-refractivity contribution is 0.135. The third-order valence-electron chi connectivity index (χ3n) is 7.62. The van der Waals surface area contributed by atoms with E-state index in [0.717, 1.165) is 39.5 Å². The van der Waals surface area contributed by atoms with Crippen molar-refractivity contribution >= 4 is 16.8 Å². The minimum absolute atomic E-state index is 0.102. The maximum atomic E-state index is 6.24. The number of hydrogen-bond acceptors (Lipinski definition) is 6. The number of para-hydroxylation sites is 3. The molecule has 5 aromatic rings. The molecule has 180 valence electrons. The summed E-state index contributed by atoms with van der Waals surface area (Å²) in [6.07, 6.45) is 1.73. The molecule has 36 heavy (non-hydrogen) atoms. The fourth-order valence-electron chi connectivity index (χ4n) is 5.55. The van der Waals surface area contributed by atoms with E-state index in [1.165, 1.54) is 11.1 Å². The number of nitrogens with one attached hydrogen (secondary N) is 2. The zero-order valence-corrected chi connectivity index (χ0v) is 20.1. The van der Waals surface area contributed by atoms with Crippen molar-refractivity contribution in [3.63, 3.8) is 0 Å². The Morgan fingerprint density at radius 2 is 1.92 bits per heavy atom. The van der Waals surface area contributed by atoms with E-state index in [-0.39, 0.29) is 11.5 Å². The Balaban J connectivity index is 1.15. The normalized spacial score (nSPS) is 19.5. The summed E-state index contributed by atoms with van der Waals surface area (Å²) in [4.78, 5) is 4.60. The highest BCUT2D eigenvalue weighted by molar-refractivity contribution is 5.76. The second-order valence-corrected chi connectivity index (χ2v) is 10.0. The maximum absolute atomic E-state index is 6.24. The SMILES string of the molecule is CC1(C)c2cc(OCc3[nH]ncc3-c3nc4ccccc4o3)ccc2N[C@@H]2c3ccccc3OC[C@@H]21. The predicted molar refractivity (Wildman–Crippen MR) is 137 cm³/mol. The van der Waals surface area contributed by atoms with E-state index in [2.05, 4.69) is 64.7 Å². The third kappa shape index (κ3) is 3.26. The molecule has 0 aliphatic carbocycles. The topological polar surface area (TPSA) is 85.2 Å². The lowest BCUT2D eigenvalue weighted by atomic mass is 9.65. The van der Waals surface area contributed by atoms with E-state index >= 15 is 0 Å². The van der Waals surface area contributed by atoms with Crippen molar-refractivity contribution in [2.75, 3.05) is 11.9 Å². The zero-order chi connectivity index (χ0) is 24.3. The van der Waals surface area contributed by atoms with Gasteiger partial charge in [0.05, 0.1) is 30.1 Å². The van der Waals surface area contributed by atoms with Crippen LogP contribution >= 0.6 is 0 Å². The molecule has 0 spiro atoms. The van der Waals surface area contributed by atoms with Gasteiger partial charge in [0.1, 0.15) is 23.6 Å². The monoisotopic (exact) mass is 478 g/mol. The van der Waals surface area contributed by atoms with Gasteiger partial charge in [-0.25, -0.2) is 4.98 Å². The molecule has 2 aliphatic heterocycles. The summed E-state index contributed by atoms with van der Waals surface area (Å²) < 4.78 is 18.3. The first-order valence-electron chi connectivity index (χ1n) is 12.2. The fraction of sp³-hybridized carbons (Fsp3) is 0.241. The van der Waals surface area contributed by atoms with Crippen LogP contribution in [0.3, 0.4) is 0 Å². The van der Waals surface area contributed by atoms with Crippen molar-refractivity contribution in [3.05, 3.63) is 89.7 Å². The van der Waals surface area contributed by atoms with Gasteiger partial charge < -0.3 is 19.2 Å². The number of hydrogen-bond donors (Lipinski definition) is 2. The first-order chi connectivity index (χ1) is 17.6. The van der Waals surface area contributed by atoms with E-state index in [4.69, 9.17) is 13.9 Å². The van der Waals surface area contributed by atoms with Crippen molar-refractivity contribution in [2.45, 2.75) is 31.9 Å². The number of fused-ring (bicyclic) bond motifs is 5. The summed E-state index contributed by atoms with van der Waals surface area (Å²) in [6.45, 7) is 5.59. The van der Waals surface area contributed by atoms with Crippen LogP contribution in [0.4, 0.5) is 5.69 Å². The summed E-state index contributed by atoms with van der Waals surface area (Å²) in [5, 5.41) is 11.0. The molecule has 0 fully saturated rings. The second kappa shape index (κ2) is 7.88. The van der Waals surface area contributed by atoms with Crippen molar-refractivity contribution in [2.24, 2.45) is 5.92 Å². The molecule has 7 heteroatoms. The minimum atomic E-state index is -0.102. The van der Waals surface area contributed by atoms with Gasteiger partial charge in [0.15, 0.2) is 5.58 Å². The number of nitrogens with zero attached hydrogens (tertiary/aromatic N) is 2. The molecule has 2 aliphatic rings. The minimum Gasteiger partial charge on any atom is -0.493 e. The van der Waals surface area contributed by atoms with Crippen molar-refractivity contribution < 1.29 is 13.9 Å². The largest absolute Gasteiger partial charge is 0.493 e. The summed E-state index contributed by atoms with van der Waals surface area (Å²) in [6, 6.07) is 22.5. The first-order valence-corrected chi connectivity index (χ1v) is 12.2. The van der Waals surface area contributed by atoms with Crippen molar-refractivity contribution in [1.29, 1.82) is 0 Å². The number of oxazole rings is 1. The molecule has 2 N–H and O–H groups in total. The highest BCUT2D eigenvalue weighted by Crippen LogP contribution is 2.52. The molecule has 4 heterocycles.